The van der Waals surface area contributed by atoms with Crippen molar-refractivity contribution in [2.45, 2.75) is 19.4 Å². The third-order valence-electron chi connectivity index (χ3n) is 3.92. The van der Waals surface area contributed by atoms with Crippen molar-refractivity contribution in [3.63, 3.8) is 0 Å². The van der Waals surface area contributed by atoms with Crippen LogP contribution in [0.5, 0.6) is 0 Å². The van der Waals surface area contributed by atoms with Crippen LogP contribution in [0.4, 0.5) is 0 Å². The van der Waals surface area contributed by atoms with Crippen molar-refractivity contribution in [3.8, 4) is 0 Å². The Balaban J connectivity index is 2.26. The van der Waals surface area contributed by atoms with E-state index in [0.717, 1.165) is 0 Å². The SMILES string of the molecule is COC(=O)C[C@H](C)[C@H](NC(=O)c1ccnc2ccccc12)C(=O)OC. The van der Waals surface area contributed by atoms with E-state index in [1.54, 1.807) is 31.2 Å². The van der Waals surface area contributed by atoms with Gasteiger partial charge in [-0.3, -0.25) is 14.6 Å². The van der Waals surface area contributed by atoms with E-state index in [0.29, 0.717) is 16.5 Å². The van der Waals surface area contributed by atoms with Crippen LogP contribution in [0.15, 0.2) is 36.5 Å². The van der Waals surface area contributed by atoms with Gasteiger partial charge in [-0.05, 0) is 18.1 Å². The Kier molecular flexibility index (Phi) is 6.05. The number of rotatable bonds is 6. The van der Waals surface area contributed by atoms with E-state index in [1.807, 2.05) is 6.07 Å². The van der Waals surface area contributed by atoms with E-state index in [2.05, 4.69) is 15.0 Å². The summed E-state index contributed by atoms with van der Waals surface area (Å²) in [5, 5.41) is 3.33. The Hall–Kier alpha value is -2.96. The number of para-hydroxylation sites is 1. The number of methoxy groups -OCH3 is 2. The molecular formula is C18H20N2O5. The fraction of sp³-hybridized carbons (Fsp3) is 0.333. The van der Waals surface area contributed by atoms with Gasteiger partial charge in [0.2, 0.25) is 0 Å². The van der Waals surface area contributed by atoms with Gasteiger partial charge in [0.05, 0.1) is 31.7 Å². The van der Waals surface area contributed by atoms with Crippen molar-refractivity contribution >= 4 is 28.7 Å². The van der Waals surface area contributed by atoms with Gasteiger partial charge in [-0.1, -0.05) is 25.1 Å². The standard InChI is InChI=1S/C18H20N2O5/c1-11(10-15(21)24-2)16(18(23)25-3)20-17(22)13-8-9-19-14-7-5-4-6-12(13)14/h4-9,11,16H,10H2,1-3H3,(H,20,22)/t11-,16-/m0/s1. The second kappa shape index (κ2) is 8.23. The number of aromatic nitrogens is 1. The third-order valence-corrected chi connectivity index (χ3v) is 3.92. The third kappa shape index (κ3) is 4.32. The number of esters is 2. The van der Waals surface area contributed by atoms with Crippen LogP contribution in [0.3, 0.4) is 0 Å². The minimum atomic E-state index is -0.969. The van der Waals surface area contributed by atoms with Gasteiger partial charge in [-0.2, -0.15) is 0 Å². The Labute approximate surface area is 145 Å². The van der Waals surface area contributed by atoms with Crippen molar-refractivity contribution in [1.82, 2.24) is 10.3 Å². The summed E-state index contributed by atoms with van der Waals surface area (Å²) in [7, 11) is 2.50. The molecule has 1 aromatic carbocycles. The van der Waals surface area contributed by atoms with Crippen LogP contribution in [-0.4, -0.2) is 43.1 Å². The predicted octanol–water partition coefficient (Wildman–Crippen LogP) is 1.71. The first-order chi connectivity index (χ1) is 12.0. The number of pyridine rings is 1. The van der Waals surface area contributed by atoms with Gasteiger partial charge in [-0.25, -0.2) is 4.79 Å². The van der Waals surface area contributed by atoms with Crippen molar-refractivity contribution in [2.75, 3.05) is 14.2 Å². The molecule has 7 nitrogen and oxygen atoms in total. The molecule has 1 amide bonds. The van der Waals surface area contributed by atoms with Crippen LogP contribution >= 0.6 is 0 Å². The highest BCUT2D eigenvalue weighted by atomic mass is 16.5. The number of hydrogen-bond acceptors (Lipinski definition) is 6. The van der Waals surface area contributed by atoms with Crippen molar-refractivity contribution in [2.24, 2.45) is 5.92 Å². The van der Waals surface area contributed by atoms with Gasteiger partial charge in [0.25, 0.3) is 5.91 Å². The largest absolute Gasteiger partial charge is 0.469 e. The summed E-state index contributed by atoms with van der Waals surface area (Å²) in [6, 6.07) is 7.82. The van der Waals surface area contributed by atoms with Crippen LogP contribution in [0.2, 0.25) is 0 Å². The molecule has 1 aromatic heterocycles. The van der Waals surface area contributed by atoms with Gasteiger partial charge in [0, 0.05) is 11.6 Å². The first-order valence-electron chi connectivity index (χ1n) is 7.77. The molecule has 0 spiro atoms. The smallest absolute Gasteiger partial charge is 0.328 e. The maximum Gasteiger partial charge on any atom is 0.328 e. The Morgan fingerprint density at radius 1 is 1.12 bits per heavy atom. The average molecular weight is 344 g/mol. The molecule has 1 heterocycles. The number of benzene rings is 1. The fourth-order valence-corrected chi connectivity index (χ4v) is 2.54. The van der Waals surface area contributed by atoms with E-state index in [4.69, 9.17) is 4.74 Å². The molecule has 0 aliphatic rings. The van der Waals surface area contributed by atoms with Crippen LogP contribution in [0, 0.1) is 5.92 Å². The van der Waals surface area contributed by atoms with Crippen molar-refractivity contribution < 1.29 is 23.9 Å². The van der Waals surface area contributed by atoms with E-state index in [1.165, 1.54) is 20.4 Å². The van der Waals surface area contributed by atoms with E-state index in [-0.39, 0.29) is 6.42 Å². The number of ether oxygens (including phenoxy) is 2. The predicted molar refractivity (Wildman–Crippen MR) is 90.8 cm³/mol. The lowest BCUT2D eigenvalue weighted by atomic mass is 9.97. The summed E-state index contributed by atoms with van der Waals surface area (Å²) in [6.45, 7) is 1.67. The normalized spacial score (nSPS) is 12.9. The fourth-order valence-electron chi connectivity index (χ4n) is 2.54. The topological polar surface area (TPSA) is 94.6 Å². The molecule has 0 fully saturated rings. The Morgan fingerprint density at radius 3 is 2.52 bits per heavy atom. The average Bonchev–Trinajstić information content (AvgIpc) is 2.64. The summed E-state index contributed by atoms with van der Waals surface area (Å²) >= 11 is 0. The van der Waals surface area contributed by atoms with E-state index < -0.39 is 29.8 Å². The number of carbonyl (C=O) groups excluding carboxylic acids is 3. The molecule has 0 saturated carbocycles. The quantitative estimate of drug-likeness (QED) is 0.802. The second-order valence-electron chi connectivity index (χ2n) is 5.61. The molecular weight excluding hydrogens is 324 g/mol. The second-order valence-corrected chi connectivity index (χ2v) is 5.61. The molecule has 132 valence electrons. The molecule has 0 unspecified atom stereocenters. The number of fused-ring (bicyclic) bond motifs is 1. The van der Waals surface area contributed by atoms with Gasteiger partial charge in [0.15, 0.2) is 0 Å². The van der Waals surface area contributed by atoms with Crippen LogP contribution in [0.25, 0.3) is 10.9 Å². The molecule has 2 aromatic rings. The highest BCUT2D eigenvalue weighted by molar-refractivity contribution is 6.07. The van der Waals surface area contributed by atoms with Gasteiger partial charge in [-0.15, -0.1) is 0 Å². The summed E-state index contributed by atoms with van der Waals surface area (Å²) in [5.41, 5.74) is 1.07. The maximum atomic E-state index is 12.7. The zero-order valence-electron chi connectivity index (χ0n) is 14.3. The van der Waals surface area contributed by atoms with Crippen LogP contribution in [-0.2, 0) is 19.1 Å². The highest BCUT2D eigenvalue weighted by Gasteiger charge is 2.30. The molecule has 0 radical (unpaired) electrons. The van der Waals surface area contributed by atoms with Crippen LogP contribution < -0.4 is 5.32 Å². The molecule has 25 heavy (non-hydrogen) atoms. The first-order valence-corrected chi connectivity index (χ1v) is 7.77. The lowest BCUT2D eigenvalue weighted by molar-refractivity contribution is -0.146. The lowest BCUT2D eigenvalue weighted by Crippen LogP contribution is -2.46. The van der Waals surface area contributed by atoms with Crippen LogP contribution in [0.1, 0.15) is 23.7 Å². The number of carbonyl (C=O) groups is 3. The molecule has 2 rings (SSSR count). The maximum absolute atomic E-state index is 12.7. The lowest BCUT2D eigenvalue weighted by Gasteiger charge is -2.22. The molecule has 1 N–H and O–H groups in total. The minimum absolute atomic E-state index is 0.0202. The zero-order valence-corrected chi connectivity index (χ0v) is 14.3. The molecule has 2 atom stereocenters. The summed E-state index contributed by atoms with van der Waals surface area (Å²) in [4.78, 5) is 40.4. The summed E-state index contributed by atoms with van der Waals surface area (Å²) in [6.07, 6.45) is 1.51. The van der Waals surface area contributed by atoms with Gasteiger partial charge >= 0.3 is 11.9 Å². The zero-order chi connectivity index (χ0) is 18.4. The highest BCUT2D eigenvalue weighted by Crippen LogP contribution is 2.18. The van der Waals surface area contributed by atoms with Gasteiger partial charge < -0.3 is 14.8 Å². The molecule has 0 aliphatic carbocycles. The van der Waals surface area contributed by atoms with E-state index in [9.17, 15) is 14.4 Å². The minimum Gasteiger partial charge on any atom is -0.469 e. The number of hydrogen-bond donors (Lipinski definition) is 1. The number of nitrogens with one attached hydrogen (secondary N) is 1. The number of nitrogens with zero attached hydrogens (tertiary/aromatic N) is 1. The summed E-state index contributed by atoms with van der Waals surface area (Å²) < 4.78 is 9.37. The Bertz CT molecular complexity index is 785. The molecule has 0 saturated heterocycles. The first kappa shape index (κ1) is 18.4. The molecule has 7 heteroatoms. The van der Waals surface area contributed by atoms with Crippen molar-refractivity contribution in [3.05, 3.63) is 42.1 Å². The summed E-state index contributed by atoms with van der Waals surface area (Å²) in [5.74, 6) is -2.02. The number of amides is 1. The van der Waals surface area contributed by atoms with Crippen molar-refractivity contribution in [1.29, 1.82) is 0 Å². The monoisotopic (exact) mass is 344 g/mol. The van der Waals surface area contributed by atoms with E-state index >= 15 is 0 Å². The molecule has 0 aliphatic heterocycles. The molecule has 0 bridgehead atoms. The van der Waals surface area contributed by atoms with Gasteiger partial charge in [0.1, 0.15) is 6.04 Å². The Morgan fingerprint density at radius 2 is 1.84 bits per heavy atom.